The highest BCUT2D eigenvalue weighted by atomic mass is 35.5. The van der Waals surface area contributed by atoms with Gasteiger partial charge in [0.1, 0.15) is 12.7 Å². The summed E-state index contributed by atoms with van der Waals surface area (Å²) in [6.07, 6.45) is 2.97. The van der Waals surface area contributed by atoms with Crippen molar-refractivity contribution in [3.63, 3.8) is 0 Å². The normalized spacial score (nSPS) is 10.9. The van der Waals surface area contributed by atoms with E-state index in [2.05, 4.69) is 30.6 Å². The first-order valence-electron chi connectivity index (χ1n) is 7.72. The number of halogens is 1. The summed E-state index contributed by atoms with van der Waals surface area (Å²) in [6.45, 7) is 0. The third-order valence-electron chi connectivity index (χ3n) is 3.45. The number of aromatic nitrogens is 6. The van der Waals surface area contributed by atoms with E-state index in [-0.39, 0.29) is 11.7 Å². The first-order chi connectivity index (χ1) is 13.2. The molecule has 0 fully saturated rings. The molecule has 0 radical (unpaired) electrons. The molecule has 0 unspecified atom stereocenters. The van der Waals surface area contributed by atoms with Crippen LogP contribution in [-0.2, 0) is 4.79 Å². The molecule has 0 aliphatic heterocycles. The van der Waals surface area contributed by atoms with E-state index < -0.39 is 0 Å². The van der Waals surface area contributed by atoms with Crippen molar-refractivity contribution in [2.24, 2.45) is 0 Å². The zero-order valence-electron chi connectivity index (χ0n) is 13.7. The summed E-state index contributed by atoms with van der Waals surface area (Å²) < 4.78 is 1.56. The molecule has 11 heteroatoms. The van der Waals surface area contributed by atoms with E-state index in [1.54, 1.807) is 40.5 Å². The Kier molecular flexibility index (Phi) is 5.19. The van der Waals surface area contributed by atoms with Crippen LogP contribution < -0.4 is 5.32 Å². The van der Waals surface area contributed by atoms with E-state index in [1.807, 2.05) is 17.5 Å². The highest BCUT2D eigenvalue weighted by Gasteiger charge is 2.13. The molecule has 0 aliphatic rings. The number of rotatable bonds is 6. The van der Waals surface area contributed by atoms with Crippen molar-refractivity contribution in [3.05, 3.63) is 53.4 Å². The van der Waals surface area contributed by atoms with Gasteiger partial charge < -0.3 is 5.32 Å². The molecule has 3 aromatic heterocycles. The number of thioether (sulfide) groups is 1. The van der Waals surface area contributed by atoms with Crippen molar-refractivity contribution in [1.29, 1.82) is 0 Å². The molecule has 0 bridgehead atoms. The zero-order valence-corrected chi connectivity index (χ0v) is 16.1. The van der Waals surface area contributed by atoms with E-state index in [1.165, 1.54) is 18.1 Å². The number of thiophene rings is 1. The lowest BCUT2D eigenvalue weighted by atomic mass is 10.2. The number of aromatic amines is 1. The lowest BCUT2D eigenvalue weighted by molar-refractivity contribution is -0.113. The van der Waals surface area contributed by atoms with Gasteiger partial charge >= 0.3 is 0 Å². The minimum Gasteiger partial charge on any atom is -0.323 e. The van der Waals surface area contributed by atoms with Crippen molar-refractivity contribution < 1.29 is 4.79 Å². The Bertz CT molecular complexity index is 1050. The van der Waals surface area contributed by atoms with Gasteiger partial charge in [0, 0.05) is 5.02 Å². The summed E-state index contributed by atoms with van der Waals surface area (Å²) in [7, 11) is 0. The smallest absolute Gasteiger partial charge is 0.234 e. The van der Waals surface area contributed by atoms with Gasteiger partial charge in [0.25, 0.3) is 0 Å². The lowest BCUT2D eigenvalue weighted by Gasteiger charge is -2.10. The van der Waals surface area contributed by atoms with Crippen LogP contribution in [0, 0.1) is 0 Å². The molecule has 136 valence electrons. The third kappa shape index (κ3) is 4.18. The van der Waals surface area contributed by atoms with Crippen molar-refractivity contribution in [2.75, 3.05) is 11.1 Å². The fourth-order valence-corrected chi connectivity index (χ4v) is 3.73. The first-order valence-corrected chi connectivity index (χ1v) is 9.97. The quantitative estimate of drug-likeness (QED) is 0.465. The van der Waals surface area contributed by atoms with Crippen LogP contribution >= 0.6 is 34.7 Å². The fourth-order valence-electron chi connectivity index (χ4n) is 2.29. The van der Waals surface area contributed by atoms with Gasteiger partial charge in [-0.1, -0.05) is 29.4 Å². The van der Waals surface area contributed by atoms with E-state index >= 15 is 0 Å². The molecule has 1 aromatic carbocycles. The summed E-state index contributed by atoms with van der Waals surface area (Å²) in [5, 5.41) is 16.9. The summed E-state index contributed by atoms with van der Waals surface area (Å²) in [6, 6.07) is 9.06. The number of amides is 1. The van der Waals surface area contributed by atoms with Crippen molar-refractivity contribution in [1.82, 2.24) is 29.9 Å². The van der Waals surface area contributed by atoms with Crippen molar-refractivity contribution in [2.45, 2.75) is 5.16 Å². The Balaban J connectivity index is 1.42. The van der Waals surface area contributed by atoms with Gasteiger partial charge in [0.15, 0.2) is 5.82 Å². The van der Waals surface area contributed by atoms with Gasteiger partial charge in [-0.3, -0.25) is 9.89 Å². The van der Waals surface area contributed by atoms with E-state index in [4.69, 9.17) is 11.6 Å². The largest absolute Gasteiger partial charge is 0.323 e. The topological polar surface area (TPSA) is 101 Å². The maximum Gasteiger partial charge on any atom is 0.234 e. The average molecular weight is 418 g/mol. The van der Waals surface area contributed by atoms with E-state index in [0.717, 1.165) is 4.88 Å². The Hall–Kier alpha value is -2.69. The van der Waals surface area contributed by atoms with Crippen LogP contribution in [0.4, 0.5) is 5.69 Å². The Morgan fingerprint density at radius 1 is 1.37 bits per heavy atom. The number of anilines is 1. The SMILES string of the molecule is O=C(CSc1n[nH]c(-c2cccs2)n1)Nc1cc(Cl)ccc1-n1cncn1. The lowest BCUT2D eigenvalue weighted by Crippen LogP contribution is -2.16. The number of hydrogen-bond acceptors (Lipinski definition) is 7. The first kappa shape index (κ1) is 17.7. The summed E-state index contributed by atoms with van der Waals surface area (Å²) in [5.74, 6) is 0.646. The number of H-pyrrole nitrogens is 1. The molecule has 0 atom stereocenters. The average Bonchev–Trinajstić information content (AvgIpc) is 3.41. The molecule has 0 saturated carbocycles. The summed E-state index contributed by atoms with van der Waals surface area (Å²) in [5.41, 5.74) is 1.22. The van der Waals surface area contributed by atoms with E-state index in [0.29, 0.717) is 27.4 Å². The van der Waals surface area contributed by atoms with Crippen molar-refractivity contribution in [3.8, 4) is 16.4 Å². The number of carbonyl (C=O) groups is 1. The van der Waals surface area contributed by atoms with Crippen LogP contribution in [0.15, 0.2) is 53.5 Å². The number of carbonyl (C=O) groups excluding carboxylic acids is 1. The predicted octanol–water partition coefficient (Wildman–Crippen LogP) is 3.50. The molecule has 0 aliphatic carbocycles. The Morgan fingerprint density at radius 3 is 3.07 bits per heavy atom. The second kappa shape index (κ2) is 7.91. The highest BCUT2D eigenvalue weighted by Crippen LogP contribution is 2.25. The minimum absolute atomic E-state index is 0.158. The standard InChI is InChI=1S/C16H12ClN7OS2/c17-10-3-4-12(24-9-18-8-19-24)11(6-10)20-14(25)7-27-16-21-15(22-23-16)13-2-1-5-26-13/h1-6,8-9H,7H2,(H,20,25)(H,21,22,23). The third-order valence-corrected chi connectivity index (χ3v) is 5.41. The number of nitrogens with zero attached hydrogens (tertiary/aromatic N) is 5. The molecule has 2 N–H and O–H groups in total. The molecule has 3 heterocycles. The molecule has 4 rings (SSSR count). The van der Waals surface area contributed by atoms with Crippen LogP contribution in [0.25, 0.3) is 16.4 Å². The predicted molar refractivity (Wildman–Crippen MR) is 105 cm³/mol. The maximum absolute atomic E-state index is 12.4. The molecule has 1 amide bonds. The fraction of sp³-hybridized carbons (Fsp3) is 0.0625. The van der Waals surface area contributed by atoms with Gasteiger partial charge in [0.05, 0.1) is 22.0 Å². The molecule has 0 spiro atoms. The van der Waals surface area contributed by atoms with Gasteiger partial charge in [-0.25, -0.2) is 14.6 Å². The van der Waals surface area contributed by atoms with Crippen LogP contribution in [0.3, 0.4) is 0 Å². The molecule has 0 saturated heterocycles. The highest BCUT2D eigenvalue weighted by molar-refractivity contribution is 7.99. The maximum atomic E-state index is 12.4. The number of nitrogens with one attached hydrogen (secondary N) is 2. The van der Waals surface area contributed by atoms with Gasteiger partial charge in [0.2, 0.25) is 11.1 Å². The van der Waals surface area contributed by atoms with Gasteiger partial charge in [-0.2, -0.15) is 5.10 Å². The number of hydrogen-bond donors (Lipinski definition) is 2. The van der Waals surface area contributed by atoms with Crippen LogP contribution in [0.1, 0.15) is 0 Å². The summed E-state index contributed by atoms with van der Waals surface area (Å²) >= 11 is 8.88. The molecular weight excluding hydrogens is 406 g/mol. The second-order valence-corrected chi connectivity index (χ2v) is 7.61. The minimum atomic E-state index is -0.203. The Labute approximate surface area is 167 Å². The van der Waals surface area contributed by atoms with Gasteiger partial charge in [-0.05, 0) is 29.6 Å². The molecule has 8 nitrogen and oxygen atoms in total. The second-order valence-electron chi connectivity index (χ2n) is 5.28. The monoisotopic (exact) mass is 417 g/mol. The molecule has 4 aromatic rings. The van der Waals surface area contributed by atoms with Crippen LogP contribution in [-0.4, -0.2) is 41.6 Å². The van der Waals surface area contributed by atoms with Crippen LogP contribution in [0.5, 0.6) is 0 Å². The zero-order chi connectivity index (χ0) is 18.6. The molecular formula is C16H12ClN7OS2. The van der Waals surface area contributed by atoms with Crippen molar-refractivity contribution >= 4 is 46.3 Å². The number of benzene rings is 1. The van der Waals surface area contributed by atoms with Gasteiger partial charge in [-0.15, -0.1) is 16.4 Å². The van der Waals surface area contributed by atoms with Crippen LogP contribution in [0.2, 0.25) is 5.02 Å². The molecule has 27 heavy (non-hydrogen) atoms. The summed E-state index contributed by atoms with van der Waals surface area (Å²) in [4.78, 5) is 21.7. The Morgan fingerprint density at radius 2 is 2.30 bits per heavy atom. The van der Waals surface area contributed by atoms with E-state index in [9.17, 15) is 4.79 Å².